The van der Waals surface area contributed by atoms with Gasteiger partial charge in [0.25, 0.3) is 5.91 Å². The number of aromatic nitrogens is 2. The van der Waals surface area contributed by atoms with Crippen LogP contribution < -0.4 is 5.32 Å². The van der Waals surface area contributed by atoms with Crippen LogP contribution in [0, 0.1) is 11.6 Å². The average Bonchev–Trinajstić information content (AvgIpc) is 3.31. The van der Waals surface area contributed by atoms with Gasteiger partial charge in [0.2, 0.25) is 0 Å². The summed E-state index contributed by atoms with van der Waals surface area (Å²) in [6, 6.07) is 4.96. The van der Waals surface area contributed by atoms with Gasteiger partial charge < -0.3 is 10.4 Å². The van der Waals surface area contributed by atoms with Crippen LogP contribution in [0.3, 0.4) is 0 Å². The van der Waals surface area contributed by atoms with Crippen molar-refractivity contribution >= 4 is 5.91 Å². The van der Waals surface area contributed by atoms with E-state index in [0.717, 1.165) is 30.7 Å². The van der Waals surface area contributed by atoms with E-state index in [1.807, 2.05) is 20.8 Å². The number of aliphatic hydroxyl groups excluding tert-OH is 1. The van der Waals surface area contributed by atoms with Gasteiger partial charge in [0.15, 0.2) is 11.6 Å². The zero-order chi connectivity index (χ0) is 19.1. The van der Waals surface area contributed by atoms with Gasteiger partial charge in [-0.1, -0.05) is 6.07 Å². The fraction of sp³-hybridized carbons (Fsp3) is 0.474. The molecule has 0 bridgehead atoms. The first kappa shape index (κ1) is 18.5. The molecule has 7 heteroatoms. The van der Waals surface area contributed by atoms with E-state index in [4.69, 9.17) is 0 Å². The third-order valence-corrected chi connectivity index (χ3v) is 4.38. The van der Waals surface area contributed by atoms with Crippen LogP contribution in [-0.2, 0) is 5.54 Å². The minimum absolute atomic E-state index is 0.113. The zero-order valence-electron chi connectivity index (χ0n) is 15.1. The van der Waals surface area contributed by atoms with Gasteiger partial charge >= 0.3 is 0 Å². The lowest BCUT2D eigenvalue weighted by Crippen LogP contribution is -2.34. The smallest absolute Gasteiger partial charge is 0.269 e. The molecule has 1 unspecified atom stereocenters. The molecule has 1 aromatic heterocycles. The van der Waals surface area contributed by atoms with E-state index in [9.17, 15) is 18.7 Å². The minimum atomic E-state index is -1.14. The molecule has 1 heterocycles. The maximum atomic E-state index is 13.3. The van der Waals surface area contributed by atoms with E-state index in [1.165, 1.54) is 6.07 Å². The number of amides is 1. The number of benzene rings is 1. The second kappa shape index (κ2) is 6.79. The van der Waals surface area contributed by atoms with Crippen LogP contribution in [0.15, 0.2) is 24.3 Å². The van der Waals surface area contributed by atoms with E-state index < -0.39 is 17.7 Å². The Morgan fingerprint density at radius 2 is 2.00 bits per heavy atom. The van der Waals surface area contributed by atoms with E-state index in [1.54, 1.807) is 10.7 Å². The molecule has 1 fully saturated rings. The highest BCUT2D eigenvalue weighted by atomic mass is 19.2. The first-order chi connectivity index (χ1) is 12.2. The Morgan fingerprint density at radius 1 is 1.31 bits per heavy atom. The van der Waals surface area contributed by atoms with E-state index in [2.05, 4.69) is 10.4 Å². The summed E-state index contributed by atoms with van der Waals surface area (Å²) < 4.78 is 28.0. The third-order valence-electron chi connectivity index (χ3n) is 4.38. The second-order valence-electron chi connectivity index (χ2n) is 7.71. The molecule has 0 aliphatic heterocycles. The Hall–Kier alpha value is -2.28. The van der Waals surface area contributed by atoms with Gasteiger partial charge in [-0.25, -0.2) is 8.78 Å². The number of rotatable bonds is 5. The molecule has 3 rings (SSSR count). The summed E-state index contributed by atoms with van der Waals surface area (Å²) in [6.45, 7) is 5.77. The Labute approximate surface area is 151 Å². The van der Waals surface area contributed by atoms with Gasteiger partial charge in [0.05, 0.1) is 17.3 Å². The van der Waals surface area contributed by atoms with Crippen LogP contribution in [0.4, 0.5) is 8.78 Å². The third kappa shape index (κ3) is 3.93. The Kier molecular flexibility index (Phi) is 4.84. The second-order valence-corrected chi connectivity index (χ2v) is 7.71. The summed E-state index contributed by atoms with van der Waals surface area (Å²) in [5.74, 6) is -1.96. The molecule has 1 aliphatic carbocycles. The SMILES string of the molecule is CC(C)(C)n1nc(C2CC2)cc1C(=O)NCC(O)c1ccc(F)c(F)c1. The molecule has 1 saturated carbocycles. The predicted octanol–water partition coefficient (Wildman–Crippen LogP) is 3.26. The molecule has 0 saturated heterocycles. The van der Waals surface area contributed by atoms with Gasteiger partial charge in [-0.05, 0) is 57.4 Å². The van der Waals surface area contributed by atoms with Crippen molar-refractivity contribution in [2.75, 3.05) is 6.54 Å². The predicted molar refractivity (Wildman–Crippen MR) is 92.8 cm³/mol. The topological polar surface area (TPSA) is 67.2 Å². The van der Waals surface area contributed by atoms with E-state index in [-0.39, 0.29) is 23.6 Å². The maximum absolute atomic E-state index is 13.3. The highest BCUT2D eigenvalue weighted by Gasteiger charge is 2.31. The number of carbonyl (C=O) groups excluding carboxylic acids is 1. The molecule has 2 N–H and O–H groups in total. The van der Waals surface area contributed by atoms with Gasteiger partial charge in [-0.3, -0.25) is 9.48 Å². The quantitative estimate of drug-likeness (QED) is 0.857. The highest BCUT2D eigenvalue weighted by Crippen LogP contribution is 2.40. The van der Waals surface area contributed by atoms with Crippen LogP contribution in [0.1, 0.15) is 67.4 Å². The molecule has 1 amide bonds. The summed E-state index contributed by atoms with van der Waals surface area (Å²) >= 11 is 0. The Bertz CT molecular complexity index is 823. The molecular formula is C19H23F2N3O2. The Balaban J connectivity index is 1.72. The lowest BCUT2D eigenvalue weighted by atomic mass is 10.1. The molecule has 0 spiro atoms. The number of nitrogens with one attached hydrogen (secondary N) is 1. The van der Waals surface area contributed by atoms with Gasteiger partial charge in [0, 0.05) is 12.5 Å². The van der Waals surface area contributed by atoms with Gasteiger partial charge in [0.1, 0.15) is 5.69 Å². The summed E-state index contributed by atoms with van der Waals surface area (Å²) in [7, 11) is 0. The number of hydrogen-bond acceptors (Lipinski definition) is 3. The van der Waals surface area contributed by atoms with Crippen molar-refractivity contribution in [3.8, 4) is 0 Å². The number of carbonyl (C=O) groups is 1. The van der Waals surface area contributed by atoms with E-state index >= 15 is 0 Å². The van der Waals surface area contributed by atoms with Crippen molar-refractivity contribution in [2.45, 2.75) is 51.2 Å². The van der Waals surface area contributed by atoms with Gasteiger partial charge in [-0.2, -0.15) is 5.10 Å². The van der Waals surface area contributed by atoms with Crippen LogP contribution in [0.25, 0.3) is 0 Å². The summed E-state index contributed by atoms with van der Waals surface area (Å²) in [6.07, 6.45) is 1.02. The molecule has 2 aromatic rings. The molecule has 1 aliphatic rings. The first-order valence-electron chi connectivity index (χ1n) is 8.68. The molecule has 140 valence electrons. The fourth-order valence-electron chi connectivity index (χ4n) is 2.77. The normalized spacial score (nSPS) is 15.8. The standard InChI is InChI=1S/C19H23F2N3O2/c1-19(2,3)24-16(9-15(23-24)11-4-5-11)18(26)22-10-17(25)12-6-7-13(20)14(21)8-12/h6-9,11,17,25H,4-5,10H2,1-3H3,(H,22,26). The van der Waals surface area contributed by atoms with Crippen molar-refractivity contribution in [1.82, 2.24) is 15.1 Å². The molecule has 1 aromatic carbocycles. The maximum Gasteiger partial charge on any atom is 0.269 e. The monoisotopic (exact) mass is 363 g/mol. The van der Waals surface area contributed by atoms with Crippen molar-refractivity contribution < 1.29 is 18.7 Å². The van der Waals surface area contributed by atoms with Crippen molar-refractivity contribution in [3.05, 3.63) is 52.9 Å². The van der Waals surface area contributed by atoms with Crippen molar-refractivity contribution in [2.24, 2.45) is 0 Å². The fourth-order valence-corrected chi connectivity index (χ4v) is 2.77. The molecule has 0 radical (unpaired) electrons. The van der Waals surface area contributed by atoms with Crippen LogP contribution in [0.2, 0.25) is 0 Å². The summed E-state index contributed by atoms with van der Waals surface area (Å²) in [5.41, 5.74) is 1.17. The van der Waals surface area contributed by atoms with Crippen LogP contribution >= 0.6 is 0 Å². The molecular weight excluding hydrogens is 340 g/mol. The average molecular weight is 363 g/mol. The first-order valence-corrected chi connectivity index (χ1v) is 8.68. The molecule has 5 nitrogen and oxygen atoms in total. The number of halogens is 2. The number of nitrogens with zero attached hydrogens (tertiary/aromatic N) is 2. The lowest BCUT2D eigenvalue weighted by molar-refractivity contribution is 0.0898. The van der Waals surface area contributed by atoms with Crippen LogP contribution in [0.5, 0.6) is 0 Å². The number of aliphatic hydroxyl groups is 1. The minimum Gasteiger partial charge on any atom is -0.387 e. The molecule has 1 atom stereocenters. The zero-order valence-corrected chi connectivity index (χ0v) is 15.1. The van der Waals surface area contributed by atoms with Crippen LogP contribution in [-0.4, -0.2) is 27.3 Å². The lowest BCUT2D eigenvalue weighted by Gasteiger charge is -2.22. The number of hydrogen-bond donors (Lipinski definition) is 2. The Morgan fingerprint density at radius 3 is 2.58 bits per heavy atom. The molecule has 26 heavy (non-hydrogen) atoms. The highest BCUT2D eigenvalue weighted by molar-refractivity contribution is 5.92. The summed E-state index contributed by atoms with van der Waals surface area (Å²) in [5, 5.41) is 17.4. The summed E-state index contributed by atoms with van der Waals surface area (Å²) in [4.78, 5) is 12.6. The van der Waals surface area contributed by atoms with Gasteiger partial charge in [-0.15, -0.1) is 0 Å². The van der Waals surface area contributed by atoms with Crippen molar-refractivity contribution in [1.29, 1.82) is 0 Å². The van der Waals surface area contributed by atoms with Crippen molar-refractivity contribution in [3.63, 3.8) is 0 Å². The largest absolute Gasteiger partial charge is 0.387 e. The van der Waals surface area contributed by atoms with E-state index in [0.29, 0.717) is 11.6 Å².